The second kappa shape index (κ2) is 8.12. The van der Waals surface area contributed by atoms with E-state index in [0.717, 1.165) is 11.4 Å². The number of allylic oxidation sites excluding steroid dienone is 1. The van der Waals surface area contributed by atoms with Crippen molar-refractivity contribution in [2.24, 2.45) is 5.41 Å². The Morgan fingerprint density at radius 2 is 1.85 bits per heavy atom. The number of hydrogen-bond acceptors (Lipinski definition) is 4. The van der Waals surface area contributed by atoms with Gasteiger partial charge in [0, 0.05) is 17.7 Å². The van der Waals surface area contributed by atoms with Gasteiger partial charge in [-0.3, -0.25) is 9.69 Å². The van der Waals surface area contributed by atoms with Crippen LogP contribution in [-0.2, 0) is 4.79 Å². The fourth-order valence-electron chi connectivity index (χ4n) is 4.66. The number of rotatable bonds is 2. The molecule has 0 fully saturated rings. The number of nitrogens with zero attached hydrogens (tertiary/aromatic N) is 1. The Morgan fingerprint density at radius 3 is 2.61 bits per heavy atom. The molecule has 0 spiro atoms. The van der Waals surface area contributed by atoms with Gasteiger partial charge in [0.05, 0.1) is 28.3 Å². The van der Waals surface area contributed by atoms with Crippen LogP contribution in [0.1, 0.15) is 38.5 Å². The van der Waals surface area contributed by atoms with Gasteiger partial charge < -0.3 is 15.1 Å². The van der Waals surface area contributed by atoms with Crippen LogP contribution in [0.4, 0.5) is 21.9 Å². The smallest absolute Gasteiger partial charge is 0.327 e. The molecular weight excluding hydrogens is 438 g/mol. The predicted octanol–water partition coefficient (Wildman–Crippen LogP) is 6.78. The zero-order chi connectivity index (χ0) is 23.2. The molecule has 6 nitrogen and oxygen atoms in total. The lowest BCUT2D eigenvalue weighted by molar-refractivity contribution is -0.118. The third-order valence-electron chi connectivity index (χ3n) is 6.05. The summed E-state index contributed by atoms with van der Waals surface area (Å²) in [6.45, 7) is 4.16. The fourth-order valence-corrected chi connectivity index (χ4v) is 4.85. The highest BCUT2D eigenvalue weighted by atomic mass is 35.5. The number of carbonyl (C=O) groups excluding carboxylic acids is 2. The maximum atomic E-state index is 13.8. The van der Waals surface area contributed by atoms with Crippen molar-refractivity contribution >= 4 is 40.5 Å². The predicted molar refractivity (Wildman–Crippen MR) is 130 cm³/mol. The number of halogens is 1. The SMILES string of the molecule is CC1(C)CC(=O)C2=C(C1)Nc1ccccc1N(C(=O)Nc1ccccc1Cl)[C@@H]2c1ccco1. The largest absolute Gasteiger partial charge is 0.467 e. The average Bonchev–Trinajstić information content (AvgIpc) is 3.24. The van der Waals surface area contributed by atoms with Crippen LogP contribution >= 0.6 is 11.6 Å². The molecule has 2 N–H and O–H groups in total. The second-order valence-electron chi connectivity index (χ2n) is 9.17. The zero-order valence-corrected chi connectivity index (χ0v) is 19.1. The quantitative estimate of drug-likeness (QED) is 0.441. The number of hydrogen-bond donors (Lipinski definition) is 2. The lowest BCUT2D eigenvalue weighted by atomic mass is 9.74. The van der Waals surface area contributed by atoms with E-state index in [-0.39, 0.29) is 11.2 Å². The molecule has 1 aromatic heterocycles. The summed E-state index contributed by atoms with van der Waals surface area (Å²) >= 11 is 6.31. The van der Waals surface area contributed by atoms with E-state index in [1.54, 1.807) is 47.6 Å². The Kier molecular flexibility index (Phi) is 5.25. The fraction of sp³-hybridized carbons (Fsp3) is 0.231. The number of carbonyl (C=O) groups is 2. The first kappa shape index (κ1) is 21.3. The molecule has 0 radical (unpaired) electrons. The minimum absolute atomic E-state index is 0.00139. The van der Waals surface area contributed by atoms with Crippen LogP contribution in [0.15, 0.2) is 82.6 Å². The Labute approximate surface area is 197 Å². The summed E-state index contributed by atoms with van der Waals surface area (Å²) in [4.78, 5) is 28.9. The average molecular weight is 462 g/mol. The third-order valence-corrected chi connectivity index (χ3v) is 6.38. The lowest BCUT2D eigenvalue weighted by Gasteiger charge is -2.36. The van der Waals surface area contributed by atoms with E-state index < -0.39 is 12.1 Å². The molecule has 0 unspecified atom stereocenters. The maximum absolute atomic E-state index is 13.8. The molecule has 0 saturated carbocycles. The number of ketones is 1. The number of fused-ring (bicyclic) bond motifs is 1. The zero-order valence-electron chi connectivity index (χ0n) is 18.4. The standard InChI is InChI=1S/C26H24ClN3O3/c1-26(2)14-19-23(21(31)15-26)24(22-12-7-13-33-22)30(20-11-6-5-10-18(20)28-19)25(32)29-17-9-4-3-8-16(17)27/h3-13,24,28H,14-15H2,1-2H3,(H,29,32)/t24-/m1/s1. The van der Waals surface area contributed by atoms with Gasteiger partial charge in [0.25, 0.3) is 0 Å². The van der Waals surface area contributed by atoms with Gasteiger partial charge in [0.2, 0.25) is 0 Å². The highest BCUT2D eigenvalue weighted by molar-refractivity contribution is 6.33. The van der Waals surface area contributed by atoms with Crippen LogP contribution in [0.2, 0.25) is 5.02 Å². The third kappa shape index (κ3) is 3.91. The number of anilines is 3. The molecule has 168 valence electrons. The minimum atomic E-state index is -0.725. The summed E-state index contributed by atoms with van der Waals surface area (Å²) < 4.78 is 5.79. The maximum Gasteiger partial charge on any atom is 0.327 e. The van der Waals surface area contributed by atoms with Crippen LogP contribution in [0, 0.1) is 5.41 Å². The van der Waals surface area contributed by atoms with Crippen LogP contribution in [0.25, 0.3) is 0 Å². The van der Waals surface area contributed by atoms with E-state index >= 15 is 0 Å². The first-order valence-corrected chi connectivity index (χ1v) is 11.2. The van der Waals surface area contributed by atoms with Crippen molar-refractivity contribution in [3.8, 4) is 0 Å². The molecule has 2 heterocycles. The van der Waals surface area contributed by atoms with Gasteiger partial charge in [-0.15, -0.1) is 0 Å². The lowest BCUT2D eigenvalue weighted by Crippen LogP contribution is -2.41. The van der Waals surface area contributed by atoms with E-state index in [1.165, 1.54) is 0 Å². The molecule has 2 amide bonds. The van der Waals surface area contributed by atoms with Crippen molar-refractivity contribution in [2.75, 3.05) is 15.5 Å². The Morgan fingerprint density at radius 1 is 1.09 bits per heavy atom. The highest BCUT2D eigenvalue weighted by Crippen LogP contribution is 2.48. The Balaban J connectivity index is 1.70. The van der Waals surface area contributed by atoms with E-state index in [2.05, 4.69) is 24.5 Å². The van der Waals surface area contributed by atoms with Crippen molar-refractivity contribution in [1.82, 2.24) is 0 Å². The molecule has 2 aliphatic rings. The molecule has 1 aliphatic heterocycles. The van der Waals surface area contributed by atoms with Gasteiger partial charge >= 0.3 is 6.03 Å². The second-order valence-corrected chi connectivity index (χ2v) is 9.58. The summed E-state index contributed by atoms with van der Waals surface area (Å²) in [5.74, 6) is 0.516. The van der Waals surface area contributed by atoms with Gasteiger partial charge in [-0.25, -0.2) is 4.79 Å². The summed E-state index contributed by atoms with van der Waals surface area (Å²) in [5.41, 5.74) is 3.05. The van der Waals surface area contributed by atoms with Crippen LogP contribution in [-0.4, -0.2) is 11.8 Å². The topological polar surface area (TPSA) is 74.6 Å². The van der Waals surface area contributed by atoms with E-state index in [1.807, 2.05) is 24.3 Å². The number of amides is 2. The normalized spacial score (nSPS) is 19.3. The number of Topliss-reactive ketones (excluding diaryl/α,β-unsaturated/α-hetero) is 1. The number of para-hydroxylation sites is 3. The van der Waals surface area contributed by atoms with Crippen LogP contribution < -0.4 is 15.5 Å². The number of benzene rings is 2. The van der Waals surface area contributed by atoms with Gasteiger partial charge in [0.1, 0.15) is 11.8 Å². The van der Waals surface area contributed by atoms with E-state index in [0.29, 0.717) is 40.6 Å². The van der Waals surface area contributed by atoms with E-state index in [4.69, 9.17) is 16.0 Å². The molecule has 3 aromatic rings. The molecule has 0 bridgehead atoms. The summed E-state index contributed by atoms with van der Waals surface area (Å²) in [6.07, 6.45) is 2.63. The molecule has 1 atom stereocenters. The molecule has 1 aliphatic carbocycles. The number of furan rings is 1. The van der Waals surface area contributed by atoms with Crippen molar-refractivity contribution in [2.45, 2.75) is 32.7 Å². The molecular formula is C26H24ClN3O3. The molecule has 5 rings (SSSR count). The van der Waals surface area contributed by atoms with Gasteiger partial charge in [-0.1, -0.05) is 49.7 Å². The summed E-state index contributed by atoms with van der Waals surface area (Å²) in [6, 6.07) is 17.0. The van der Waals surface area contributed by atoms with Gasteiger partial charge in [-0.05, 0) is 48.2 Å². The molecule has 7 heteroatoms. The molecule has 2 aromatic carbocycles. The van der Waals surface area contributed by atoms with Crippen molar-refractivity contribution in [3.63, 3.8) is 0 Å². The first-order valence-electron chi connectivity index (χ1n) is 10.8. The highest BCUT2D eigenvalue weighted by Gasteiger charge is 2.44. The number of urea groups is 1. The molecule has 33 heavy (non-hydrogen) atoms. The monoisotopic (exact) mass is 461 g/mol. The number of nitrogens with one attached hydrogen (secondary N) is 2. The Bertz CT molecular complexity index is 1260. The first-order chi connectivity index (χ1) is 15.8. The molecule has 0 saturated heterocycles. The van der Waals surface area contributed by atoms with Gasteiger partial charge in [-0.2, -0.15) is 0 Å². The van der Waals surface area contributed by atoms with E-state index in [9.17, 15) is 9.59 Å². The van der Waals surface area contributed by atoms with Crippen molar-refractivity contribution in [1.29, 1.82) is 0 Å². The van der Waals surface area contributed by atoms with Crippen LogP contribution in [0.3, 0.4) is 0 Å². The van der Waals surface area contributed by atoms with Crippen molar-refractivity contribution < 1.29 is 14.0 Å². The van der Waals surface area contributed by atoms with Crippen LogP contribution in [0.5, 0.6) is 0 Å². The van der Waals surface area contributed by atoms with Crippen molar-refractivity contribution in [3.05, 3.63) is 89.0 Å². The summed E-state index contributed by atoms with van der Waals surface area (Å²) in [5, 5.41) is 6.82. The summed E-state index contributed by atoms with van der Waals surface area (Å²) in [7, 11) is 0. The Hall–Kier alpha value is -3.51. The minimum Gasteiger partial charge on any atom is -0.467 e. The van der Waals surface area contributed by atoms with Gasteiger partial charge in [0.15, 0.2) is 5.78 Å².